The molecule has 1 aromatic heterocycles. The first-order valence-electron chi connectivity index (χ1n) is 6.36. The average Bonchev–Trinajstić information content (AvgIpc) is 2.47. The molecule has 1 aromatic carbocycles. The number of hydrogen-bond donors (Lipinski definition) is 3. The molecule has 8 heteroatoms. The van der Waals surface area contributed by atoms with Gasteiger partial charge in [-0.25, -0.2) is 4.39 Å². The van der Waals surface area contributed by atoms with E-state index in [0.29, 0.717) is 17.8 Å². The zero-order valence-corrected chi connectivity index (χ0v) is 12.1. The summed E-state index contributed by atoms with van der Waals surface area (Å²) in [5, 5.41) is 12.4. The highest BCUT2D eigenvalue weighted by Crippen LogP contribution is 2.23. The summed E-state index contributed by atoms with van der Waals surface area (Å²) in [4.78, 5) is 12.1. The molecule has 0 fully saturated rings. The number of aliphatic hydroxyl groups excluding tert-OH is 1. The Morgan fingerprint density at radius 2 is 2.14 bits per heavy atom. The molecule has 1 atom stereocenters. The minimum absolute atomic E-state index is 0.0165. The van der Waals surface area contributed by atoms with Crippen molar-refractivity contribution in [1.82, 2.24) is 15.0 Å². The summed E-state index contributed by atoms with van der Waals surface area (Å²) in [5.74, 6) is 0.366. The summed E-state index contributed by atoms with van der Waals surface area (Å²) in [6, 6.07) is 3.67. The fourth-order valence-corrected chi connectivity index (χ4v) is 1.97. The Bertz CT molecular complexity index is 640. The summed E-state index contributed by atoms with van der Waals surface area (Å²) in [5.41, 5.74) is 6.21. The smallest absolute Gasteiger partial charge is 0.228 e. The van der Waals surface area contributed by atoms with E-state index >= 15 is 0 Å². The Morgan fingerprint density at radius 1 is 1.38 bits per heavy atom. The topological polar surface area (TPSA) is 97.0 Å². The number of benzene rings is 1. The minimum atomic E-state index is -0.533. The van der Waals surface area contributed by atoms with E-state index in [2.05, 4.69) is 20.3 Å². The second-order valence-corrected chi connectivity index (χ2v) is 4.75. The van der Waals surface area contributed by atoms with Crippen LogP contribution in [0.15, 0.2) is 18.2 Å². The quantitative estimate of drug-likeness (QED) is 0.781. The molecule has 0 spiro atoms. The van der Waals surface area contributed by atoms with Crippen LogP contribution in [0.4, 0.5) is 16.3 Å². The lowest BCUT2D eigenvalue weighted by atomic mass is 10.1. The minimum Gasteiger partial charge on any atom is -0.394 e. The van der Waals surface area contributed by atoms with Gasteiger partial charge in [-0.1, -0.05) is 24.6 Å². The zero-order chi connectivity index (χ0) is 15.4. The number of halogens is 2. The third-order valence-electron chi connectivity index (χ3n) is 2.85. The van der Waals surface area contributed by atoms with Gasteiger partial charge in [0.2, 0.25) is 11.9 Å². The number of nitrogen functional groups attached to an aromatic ring is 1. The molecule has 2 aromatic rings. The lowest BCUT2D eigenvalue weighted by molar-refractivity contribution is 0.275. The predicted octanol–water partition coefficient (Wildman–Crippen LogP) is 1.95. The summed E-state index contributed by atoms with van der Waals surface area (Å²) in [6.45, 7) is 1.65. The van der Waals surface area contributed by atoms with Gasteiger partial charge >= 0.3 is 0 Å². The summed E-state index contributed by atoms with van der Waals surface area (Å²) >= 11 is 5.75. The second-order valence-electron chi connectivity index (χ2n) is 4.34. The van der Waals surface area contributed by atoms with E-state index in [-0.39, 0.29) is 23.5 Å². The monoisotopic (exact) mass is 311 g/mol. The molecule has 4 N–H and O–H groups in total. The molecule has 1 unspecified atom stereocenters. The first-order valence-corrected chi connectivity index (χ1v) is 6.74. The van der Waals surface area contributed by atoms with Crippen molar-refractivity contribution < 1.29 is 9.50 Å². The molecular weight excluding hydrogens is 297 g/mol. The van der Waals surface area contributed by atoms with Gasteiger partial charge in [0.05, 0.1) is 17.7 Å². The molecular formula is C13H15ClFN5O. The van der Waals surface area contributed by atoms with Crippen molar-refractivity contribution in [2.75, 3.05) is 17.7 Å². The van der Waals surface area contributed by atoms with Crippen molar-refractivity contribution in [3.05, 3.63) is 40.4 Å². The van der Waals surface area contributed by atoms with Crippen LogP contribution in [0.25, 0.3) is 0 Å². The molecule has 0 aliphatic rings. The van der Waals surface area contributed by atoms with Crippen LogP contribution in [-0.2, 0) is 6.42 Å². The normalized spacial score (nSPS) is 12.2. The maximum absolute atomic E-state index is 13.2. The van der Waals surface area contributed by atoms with Gasteiger partial charge in [0.25, 0.3) is 0 Å². The van der Waals surface area contributed by atoms with Gasteiger partial charge in [-0.3, -0.25) is 0 Å². The van der Waals surface area contributed by atoms with Gasteiger partial charge in [0.15, 0.2) is 0 Å². The Kier molecular flexibility index (Phi) is 4.87. The first-order chi connectivity index (χ1) is 10.0. The number of aryl methyl sites for hydroxylation is 1. The van der Waals surface area contributed by atoms with E-state index in [0.717, 1.165) is 0 Å². The van der Waals surface area contributed by atoms with Crippen molar-refractivity contribution >= 4 is 23.5 Å². The van der Waals surface area contributed by atoms with Crippen molar-refractivity contribution in [1.29, 1.82) is 0 Å². The van der Waals surface area contributed by atoms with Crippen LogP contribution >= 0.6 is 11.6 Å². The SMILES string of the molecule is CCc1nc(N)nc(NC(CO)c2ccc(F)c(Cl)c2)n1. The van der Waals surface area contributed by atoms with Crippen molar-refractivity contribution in [3.63, 3.8) is 0 Å². The van der Waals surface area contributed by atoms with Crippen LogP contribution < -0.4 is 11.1 Å². The molecule has 6 nitrogen and oxygen atoms in total. The number of aliphatic hydroxyl groups is 1. The highest BCUT2D eigenvalue weighted by Gasteiger charge is 2.14. The van der Waals surface area contributed by atoms with E-state index in [1.165, 1.54) is 18.2 Å². The average molecular weight is 312 g/mol. The van der Waals surface area contributed by atoms with Crippen LogP contribution in [0.2, 0.25) is 5.02 Å². The van der Waals surface area contributed by atoms with E-state index in [1.807, 2.05) is 6.92 Å². The molecule has 0 amide bonds. The predicted molar refractivity (Wildman–Crippen MR) is 78.5 cm³/mol. The Hall–Kier alpha value is -1.99. The molecule has 0 radical (unpaired) electrons. The number of hydrogen-bond acceptors (Lipinski definition) is 6. The Morgan fingerprint density at radius 3 is 2.76 bits per heavy atom. The standard InChI is InChI=1S/C13H15ClFN5O/c1-2-11-18-12(16)20-13(19-11)17-10(6-21)7-3-4-9(15)8(14)5-7/h3-5,10,21H,2,6H2,1H3,(H3,16,17,18,19,20). The lowest BCUT2D eigenvalue weighted by Gasteiger charge is -2.17. The first kappa shape index (κ1) is 15.4. The third kappa shape index (κ3) is 3.77. The van der Waals surface area contributed by atoms with Gasteiger partial charge < -0.3 is 16.2 Å². The van der Waals surface area contributed by atoms with E-state index in [9.17, 15) is 9.50 Å². The van der Waals surface area contributed by atoms with Crippen LogP contribution in [0.5, 0.6) is 0 Å². The van der Waals surface area contributed by atoms with Gasteiger partial charge in [-0.15, -0.1) is 0 Å². The Labute approximate surface area is 126 Å². The third-order valence-corrected chi connectivity index (χ3v) is 3.14. The number of nitrogens with two attached hydrogens (primary N) is 1. The number of anilines is 2. The molecule has 0 aliphatic heterocycles. The van der Waals surface area contributed by atoms with Crippen LogP contribution in [-0.4, -0.2) is 26.7 Å². The highest BCUT2D eigenvalue weighted by molar-refractivity contribution is 6.30. The van der Waals surface area contributed by atoms with Crippen molar-refractivity contribution in [2.24, 2.45) is 0 Å². The largest absolute Gasteiger partial charge is 0.394 e. The highest BCUT2D eigenvalue weighted by atomic mass is 35.5. The van der Waals surface area contributed by atoms with Crippen molar-refractivity contribution in [2.45, 2.75) is 19.4 Å². The van der Waals surface area contributed by atoms with Crippen LogP contribution in [0, 0.1) is 5.82 Å². The van der Waals surface area contributed by atoms with Crippen LogP contribution in [0.1, 0.15) is 24.4 Å². The van der Waals surface area contributed by atoms with E-state index < -0.39 is 11.9 Å². The number of nitrogens with one attached hydrogen (secondary N) is 1. The van der Waals surface area contributed by atoms with E-state index in [1.54, 1.807) is 0 Å². The maximum atomic E-state index is 13.2. The Balaban J connectivity index is 2.26. The molecule has 112 valence electrons. The van der Waals surface area contributed by atoms with Crippen LogP contribution in [0.3, 0.4) is 0 Å². The molecule has 0 aliphatic carbocycles. The van der Waals surface area contributed by atoms with Gasteiger partial charge in [-0.05, 0) is 17.7 Å². The molecule has 1 heterocycles. The summed E-state index contributed by atoms with van der Waals surface area (Å²) in [6.07, 6.45) is 0.605. The number of rotatable bonds is 5. The molecule has 0 bridgehead atoms. The van der Waals surface area contributed by atoms with E-state index in [4.69, 9.17) is 17.3 Å². The van der Waals surface area contributed by atoms with Crippen molar-refractivity contribution in [3.8, 4) is 0 Å². The molecule has 21 heavy (non-hydrogen) atoms. The number of nitrogens with zero attached hydrogens (tertiary/aromatic N) is 3. The number of aromatic nitrogens is 3. The fourth-order valence-electron chi connectivity index (χ4n) is 1.78. The zero-order valence-electron chi connectivity index (χ0n) is 11.3. The lowest BCUT2D eigenvalue weighted by Crippen LogP contribution is -2.18. The van der Waals surface area contributed by atoms with Gasteiger partial charge in [0, 0.05) is 6.42 Å². The fraction of sp³-hybridized carbons (Fsp3) is 0.308. The van der Waals surface area contributed by atoms with Gasteiger partial charge in [0.1, 0.15) is 11.6 Å². The molecule has 0 saturated heterocycles. The summed E-state index contributed by atoms with van der Waals surface area (Å²) in [7, 11) is 0. The molecule has 2 rings (SSSR count). The van der Waals surface area contributed by atoms with Gasteiger partial charge in [-0.2, -0.15) is 15.0 Å². The maximum Gasteiger partial charge on any atom is 0.228 e. The summed E-state index contributed by atoms with van der Waals surface area (Å²) < 4.78 is 13.2. The molecule has 0 saturated carbocycles. The second kappa shape index (κ2) is 6.64.